The highest BCUT2D eigenvalue weighted by Crippen LogP contribution is 2.40. The van der Waals surface area contributed by atoms with Crippen LogP contribution in [-0.2, 0) is 24.8 Å². The third-order valence-corrected chi connectivity index (χ3v) is 13.8. The van der Waals surface area contributed by atoms with Crippen LogP contribution in [-0.4, -0.2) is 60.2 Å². The summed E-state index contributed by atoms with van der Waals surface area (Å²) in [7, 11) is -6.17. The highest BCUT2D eigenvalue weighted by atomic mass is 32.3. The van der Waals surface area contributed by atoms with E-state index in [-0.39, 0.29) is 21.0 Å². The second-order valence-corrected chi connectivity index (χ2v) is 17.4. The Morgan fingerprint density at radius 3 is 1.93 bits per heavy atom. The molecular weight excluding hydrogens is 615 g/mol. The van der Waals surface area contributed by atoms with Crippen LogP contribution in [0.1, 0.15) is 154 Å². The third-order valence-electron chi connectivity index (χ3n) is 8.42. The van der Waals surface area contributed by atoms with E-state index in [1.54, 1.807) is 14.0 Å². The lowest BCUT2D eigenvalue weighted by molar-refractivity contribution is 0.185. The second-order valence-electron chi connectivity index (χ2n) is 12.3. The van der Waals surface area contributed by atoms with E-state index in [0.29, 0.717) is 43.8 Å². The Morgan fingerprint density at radius 2 is 1.43 bits per heavy atom. The van der Waals surface area contributed by atoms with Crippen LogP contribution in [0.5, 0.6) is 0 Å². The largest absolute Gasteiger partial charge is 0.385 e. The molecule has 44 heavy (non-hydrogen) atoms. The van der Waals surface area contributed by atoms with E-state index in [0.717, 1.165) is 24.2 Å². The summed E-state index contributed by atoms with van der Waals surface area (Å²) in [4.78, 5) is 0. The first-order valence-corrected chi connectivity index (χ1v) is 21.0. The normalized spacial score (nSPS) is 17.3. The summed E-state index contributed by atoms with van der Waals surface area (Å²) < 4.78 is 63.7. The van der Waals surface area contributed by atoms with Crippen molar-refractivity contribution in [3.63, 3.8) is 0 Å². The molecule has 2 rings (SSSR count). The van der Waals surface area contributed by atoms with Crippen molar-refractivity contribution in [2.24, 2.45) is 4.40 Å². The average Bonchev–Trinajstić information content (AvgIpc) is 3.45. The number of nitrogens with zero attached hydrogens (tertiary/aromatic N) is 2. The summed E-state index contributed by atoms with van der Waals surface area (Å²) >= 11 is 0.818. The van der Waals surface area contributed by atoms with E-state index in [2.05, 4.69) is 16.6 Å². The quantitative estimate of drug-likeness (QED) is 0.0779. The van der Waals surface area contributed by atoms with E-state index in [1.807, 2.05) is 6.92 Å². The van der Waals surface area contributed by atoms with Crippen LogP contribution in [0.25, 0.3) is 0 Å². The highest BCUT2D eigenvalue weighted by Gasteiger charge is 2.40. The molecule has 1 aliphatic rings. The topological polar surface area (TPSA) is 105 Å². The molecule has 0 aliphatic carbocycles. The Bertz CT molecular complexity index is 1170. The van der Waals surface area contributed by atoms with Gasteiger partial charge < -0.3 is 10.1 Å². The highest BCUT2D eigenvalue weighted by molar-refractivity contribution is 7.94. The minimum Gasteiger partial charge on any atom is -0.385 e. The van der Waals surface area contributed by atoms with Crippen LogP contribution in [0.3, 0.4) is 0 Å². The molecule has 1 aliphatic heterocycles. The van der Waals surface area contributed by atoms with Gasteiger partial charge in [0.15, 0.2) is 0 Å². The molecule has 1 N–H and O–H groups in total. The summed E-state index contributed by atoms with van der Waals surface area (Å²) in [5.74, 6) is 0. The third kappa shape index (κ3) is 13.9. The van der Waals surface area contributed by atoms with Crippen molar-refractivity contribution in [1.29, 1.82) is 0 Å². The molecule has 0 aromatic carbocycles. The Kier molecular flexibility index (Phi) is 19.5. The minimum absolute atomic E-state index is 0.00511. The number of methoxy groups -OCH3 is 1. The van der Waals surface area contributed by atoms with Gasteiger partial charge in [-0.25, -0.2) is 8.42 Å². The van der Waals surface area contributed by atoms with Crippen LogP contribution in [0.2, 0.25) is 0 Å². The van der Waals surface area contributed by atoms with Crippen molar-refractivity contribution < 1.29 is 21.6 Å². The molecule has 0 amide bonds. The van der Waals surface area contributed by atoms with Crippen molar-refractivity contribution in [3.8, 4) is 0 Å². The maximum absolute atomic E-state index is 13.3. The van der Waals surface area contributed by atoms with Gasteiger partial charge in [-0.05, 0) is 38.8 Å². The number of likely N-dealkylation sites (N-methyl/N-ethyl adjacent to an activating group) is 1. The van der Waals surface area contributed by atoms with Gasteiger partial charge in [0.1, 0.15) is 8.42 Å². The standard InChI is InChI=1S/C33H61N3O5S3/c1-5-7-8-9-10-11-12-13-14-15-16-17-18-19-20-21-22-24-29(3)35-43(37,38)32-27-30-31(34-6-2)28-36(25-23-26-41-4)44(39,40)33(30)42-32/h27,31,34H,5-26,28H2,1-4H3/b35-29+/t31-/m0/s1. The fourth-order valence-corrected chi connectivity index (χ4v) is 10.8. The molecule has 256 valence electrons. The zero-order valence-corrected chi connectivity index (χ0v) is 30.5. The van der Waals surface area contributed by atoms with E-state index >= 15 is 0 Å². The molecule has 11 heteroatoms. The van der Waals surface area contributed by atoms with Gasteiger partial charge in [0, 0.05) is 44.1 Å². The number of thiophene rings is 1. The van der Waals surface area contributed by atoms with Gasteiger partial charge in [-0.3, -0.25) is 0 Å². The van der Waals surface area contributed by atoms with Crippen molar-refractivity contribution in [3.05, 3.63) is 11.6 Å². The molecule has 0 fully saturated rings. The van der Waals surface area contributed by atoms with Gasteiger partial charge in [-0.15, -0.1) is 11.3 Å². The number of unbranched alkanes of at least 4 members (excludes halogenated alkanes) is 16. The Labute approximate surface area is 273 Å². The smallest absolute Gasteiger partial charge is 0.291 e. The summed E-state index contributed by atoms with van der Waals surface area (Å²) in [5.41, 5.74) is 1.10. The van der Waals surface area contributed by atoms with Crippen molar-refractivity contribution >= 4 is 37.1 Å². The molecule has 0 bridgehead atoms. The lowest BCUT2D eigenvalue weighted by Gasteiger charge is -2.32. The van der Waals surface area contributed by atoms with Crippen LogP contribution in [0, 0.1) is 0 Å². The summed E-state index contributed by atoms with van der Waals surface area (Å²) in [5, 5.41) is 3.32. The molecule has 1 aromatic rings. The predicted molar refractivity (Wildman–Crippen MR) is 185 cm³/mol. The Balaban J connectivity index is 1.71. The maximum Gasteiger partial charge on any atom is 0.291 e. The fourth-order valence-electron chi connectivity index (χ4n) is 5.87. The molecule has 1 aromatic heterocycles. The number of ether oxygens (including phenoxy) is 1. The monoisotopic (exact) mass is 675 g/mol. The van der Waals surface area contributed by atoms with Crippen molar-refractivity contribution in [2.45, 2.75) is 157 Å². The molecule has 0 saturated heterocycles. The lowest BCUT2D eigenvalue weighted by Crippen LogP contribution is -2.43. The first-order chi connectivity index (χ1) is 21.2. The second kappa shape index (κ2) is 21.9. The fraction of sp³-hybridized carbons (Fsp3) is 0.848. The van der Waals surface area contributed by atoms with Crippen LogP contribution >= 0.6 is 11.3 Å². The van der Waals surface area contributed by atoms with Crippen LogP contribution in [0.15, 0.2) is 18.9 Å². The number of rotatable bonds is 26. The first kappa shape index (κ1) is 39.3. The number of fused-ring (bicyclic) bond motifs is 1. The summed E-state index contributed by atoms with van der Waals surface area (Å²) in [6.07, 6.45) is 23.4. The van der Waals surface area contributed by atoms with Crippen LogP contribution in [0.4, 0.5) is 0 Å². The molecule has 0 unspecified atom stereocenters. The van der Waals surface area contributed by atoms with Gasteiger partial charge in [0.05, 0.1) is 0 Å². The molecule has 8 nitrogen and oxygen atoms in total. The van der Waals surface area contributed by atoms with Gasteiger partial charge >= 0.3 is 0 Å². The van der Waals surface area contributed by atoms with Crippen LogP contribution < -0.4 is 5.32 Å². The lowest BCUT2D eigenvalue weighted by atomic mass is 10.0. The summed E-state index contributed by atoms with van der Waals surface area (Å²) in [6.45, 7) is 7.68. The van der Waals surface area contributed by atoms with E-state index in [4.69, 9.17) is 4.74 Å². The van der Waals surface area contributed by atoms with Crippen molar-refractivity contribution in [2.75, 3.05) is 33.4 Å². The SMILES string of the molecule is CCCCCCCCCCCCCCCCCCC/C(C)=N/S(=O)(=O)c1cc2c(s1)S(=O)(=O)N(CCCOC)C[C@@H]2NCC. The van der Waals surface area contributed by atoms with Gasteiger partial charge in [0.25, 0.3) is 20.0 Å². The molecule has 1 atom stereocenters. The molecule has 0 radical (unpaired) electrons. The molecule has 0 saturated carbocycles. The molecule has 2 heterocycles. The number of sulfonamides is 2. The van der Waals surface area contributed by atoms with Crippen molar-refractivity contribution in [1.82, 2.24) is 9.62 Å². The molecule has 0 spiro atoms. The van der Waals surface area contributed by atoms with Gasteiger partial charge in [-0.1, -0.05) is 117 Å². The molecular formula is C33H61N3O5S3. The zero-order chi connectivity index (χ0) is 32.3. The van der Waals surface area contributed by atoms with E-state index in [1.165, 1.54) is 107 Å². The number of hydrogen-bond donors (Lipinski definition) is 1. The summed E-state index contributed by atoms with van der Waals surface area (Å²) in [6, 6.07) is 1.25. The van der Waals surface area contributed by atoms with E-state index in [9.17, 15) is 16.8 Å². The number of hydrogen-bond acceptors (Lipinski definition) is 7. The van der Waals surface area contributed by atoms with E-state index < -0.39 is 20.0 Å². The van der Waals surface area contributed by atoms with Gasteiger partial charge in [-0.2, -0.15) is 17.1 Å². The number of nitrogens with one attached hydrogen (secondary N) is 1. The Morgan fingerprint density at radius 1 is 0.909 bits per heavy atom. The average molecular weight is 676 g/mol. The minimum atomic E-state index is -3.98. The van der Waals surface area contributed by atoms with Gasteiger partial charge in [0.2, 0.25) is 0 Å². The first-order valence-electron chi connectivity index (χ1n) is 17.3. The predicted octanol–water partition coefficient (Wildman–Crippen LogP) is 8.63. The Hall–Kier alpha value is -0.850. The maximum atomic E-state index is 13.3. The zero-order valence-electron chi connectivity index (χ0n) is 28.1.